The zero-order chi connectivity index (χ0) is 8.53. The Morgan fingerprint density at radius 3 is 2.82 bits per heavy atom. The molecule has 1 unspecified atom stereocenters. The lowest BCUT2D eigenvalue weighted by Crippen LogP contribution is -2.02. The van der Waals surface area contributed by atoms with E-state index in [0.717, 1.165) is 12.8 Å². The quantitative estimate of drug-likeness (QED) is 0.355. The molecule has 0 aliphatic carbocycles. The zero-order valence-corrected chi connectivity index (χ0v) is 6.58. The largest absolute Gasteiger partial charge is 0.384 e. The van der Waals surface area contributed by atoms with E-state index in [1.54, 1.807) is 0 Å². The summed E-state index contributed by atoms with van der Waals surface area (Å²) in [5.41, 5.74) is 0. The van der Waals surface area contributed by atoms with Crippen molar-refractivity contribution in [1.29, 1.82) is 0 Å². The maximum absolute atomic E-state index is 9.09. The van der Waals surface area contributed by atoms with Crippen LogP contribution in [0.5, 0.6) is 0 Å². The van der Waals surface area contributed by atoms with Crippen molar-refractivity contribution in [3.63, 3.8) is 0 Å². The van der Waals surface area contributed by atoms with Gasteiger partial charge in [-0.3, -0.25) is 0 Å². The Hall–Kier alpha value is -0.780. The summed E-state index contributed by atoms with van der Waals surface area (Å²) in [6.07, 6.45) is 3.66. The molecule has 0 aliphatic rings. The van der Waals surface area contributed by atoms with E-state index in [1.807, 2.05) is 6.08 Å². The van der Waals surface area contributed by atoms with Gasteiger partial charge in [0, 0.05) is 0 Å². The predicted octanol–water partition coefficient (Wildman–Crippen LogP) is 0.699. The van der Waals surface area contributed by atoms with Gasteiger partial charge in [0.1, 0.15) is 12.7 Å². The molecule has 0 radical (unpaired) electrons. The molecule has 0 rings (SSSR count). The van der Waals surface area contributed by atoms with Crippen molar-refractivity contribution < 1.29 is 10.2 Å². The summed E-state index contributed by atoms with van der Waals surface area (Å²) in [6.45, 7) is 3.38. The van der Waals surface area contributed by atoms with Crippen LogP contribution in [-0.4, -0.2) is 22.9 Å². The van der Waals surface area contributed by atoms with Gasteiger partial charge in [0.15, 0.2) is 0 Å². The predicted molar refractivity (Wildman–Crippen MR) is 44.9 cm³/mol. The fourth-order valence-electron chi connectivity index (χ4n) is 0.691. The molecule has 2 heteroatoms. The molecule has 0 spiro atoms. The first-order valence-corrected chi connectivity index (χ1v) is 3.69. The van der Waals surface area contributed by atoms with Crippen molar-refractivity contribution in [2.45, 2.75) is 25.4 Å². The average molecular weight is 154 g/mol. The normalized spacial score (nSPS) is 11.5. The Labute approximate surface area is 67.6 Å². The fourth-order valence-corrected chi connectivity index (χ4v) is 0.691. The average Bonchev–Trinajstić information content (AvgIpc) is 2.01. The number of hydrogen-bond donors (Lipinski definition) is 2. The molecule has 0 aromatic carbocycles. The van der Waals surface area contributed by atoms with Gasteiger partial charge in [-0.05, 0) is 19.3 Å². The first-order chi connectivity index (χ1) is 5.31. The standard InChI is InChI=1S/C9H14O2/c1-2-3-4-6-9(11)7-5-8-10/h2,9-11H,1,3-4,6,8H2. The molecule has 0 fully saturated rings. The fraction of sp³-hybridized carbons (Fsp3) is 0.556. The third-order valence-electron chi connectivity index (χ3n) is 1.23. The van der Waals surface area contributed by atoms with E-state index < -0.39 is 6.10 Å². The minimum atomic E-state index is -0.595. The number of unbranched alkanes of at least 4 members (excludes halogenated alkanes) is 1. The lowest BCUT2D eigenvalue weighted by Gasteiger charge is -1.99. The minimum Gasteiger partial charge on any atom is -0.384 e. The molecule has 0 aromatic heterocycles. The first kappa shape index (κ1) is 10.2. The van der Waals surface area contributed by atoms with Crippen molar-refractivity contribution in [2.75, 3.05) is 6.61 Å². The molecule has 0 saturated carbocycles. The number of aliphatic hydroxyl groups excluding tert-OH is 2. The molecule has 0 heterocycles. The van der Waals surface area contributed by atoms with Crippen molar-refractivity contribution in [1.82, 2.24) is 0 Å². The van der Waals surface area contributed by atoms with E-state index in [9.17, 15) is 0 Å². The van der Waals surface area contributed by atoms with Crippen molar-refractivity contribution in [3.8, 4) is 11.8 Å². The number of rotatable bonds is 4. The Balaban J connectivity index is 3.36. The smallest absolute Gasteiger partial charge is 0.114 e. The highest BCUT2D eigenvalue weighted by Gasteiger charge is 1.95. The van der Waals surface area contributed by atoms with E-state index in [2.05, 4.69) is 18.4 Å². The molecule has 0 saturated heterocycles. The van der Waals surface area contributed by atoms with E-state index >= 15 is 0 Å². The summed E-state index contributed by atoms with van der Waals surface area (Å²) in [5.74, 6) is 4.92. The topological polar surface area (TPSA) is 40.5 Å². The second-order valence-electron chi connectivity index (χ2n) is 2.21. The zero-order valence-electron chi connectivity index (χ0n) is 6.58. The van der Waals surface area contributed by atoms with Crippen molar-refractivity contribution in [3.05, 3.63) is 12.7 Å². The minimum absolute atomic E-state index is 0.182. The highest BCUT2D eigenvalue weighted by molar-refractivity contribution is 5.04. The number of hydrogen-bond acceptors (Lipinski definition) is 2. The molecule has 2 nitrogen and oxygen atoms in total. The monoisotopic (exact) mass is 154 g/mol. The summed E-state index contributed by atoms with van der Waals surface area (Å²) in [6, 6.07) is 0. The molecule has 2 N–H and O–H groups in total. The molecule has 0 amide bonds. The van der Waals surface area contributed by atoms with Crippen LogP contribution < -0.4 is 0 Å². The molecule has 0 aliphatic heterocycles. The SMILES string of the molecule is C=CCCCC(O)C#CCO. The molecular formula is C9H14O2. The lowest BCUT2D eigenvalue weighted by atomic mass is 10.1. The van der Waals surface area contributed by atoms with Gasteiger partial charge in [-0.1, -0.05) is 17.9 Å². The van der Waals surface area contributed by atoms with Crippen LogP contribution in [0.3, 0.4) is 0 Å². The maximum Gasteiger partial charge on any atom is 0.114 e. The summed E-state index contributed by atoms with van der Waals surface area (Å²) in [5, 5.41) is 17.4. The van der Waals surface area contributed by atoms with Gasteiger partial charge in [-0.2, -0.15) is 0 Å². The summed E-state index contributed by atoms with van der Waals surface area (Å²) >= 11 is 0. The highest BCUT2D eigenvalue weighted by Crippen LogP contribution is 1.99. The maximum atomic E-state index is 9.09. The summed E-state index contributed by atoms with van der Waals surface area (Å²) < 4.78 is 0. The van der Waals surface area contributed by atoms with Crippen molar-refractivity contribution in [2.24, 2.45) is 0 Å². The van der Waals surface area contributed by atoms with Crippen LogP contribution in [0.25, 0.3) is 0 Å². The van der Waals surface area contributed by atoms with Crippen LogP contribution in [0.15, 0.2) is 12.7 Å². The van der Waals surface area contributed by atoms with Crippen LogP contribution in [0.1, 0.15) is 19.3 Å². The van der Waals surface area contributed by atoms with Crippen molar-refractivity contribution >= 4 is 0 Å². The Morgan fingerprint density at radius 1 is 1.55 bits per heavy atom. The van der Waals surface area contributed by atoms with Gasteiger partial charge in [0.2, 0.25) is 0 Å². The van der Waals surface area contributed by atoms with Gasteiger partial charge < -0.3 is 10.2 Å². The third kappa shape index (κ3) is 7.11. The summed E-state index contributed by atoms with van der Waals surface area (Å²) in [4.78, 5) is 0. The lowest BCUT2D eigenvalue weighted by molar-refractivity contribution is 0.218. The Morgan fingerprint density at radius 2 is 2.27 bits per heavy atom. The molecule has 1 atom stereocenters. The molecule has 11 heavy (non-hydrogen) atoms. The van der Waals surface area contributed by atoms with E-state index in [0.29, 0.717) is 6.42 Å². The third-order valence-corrected chi connectivity index (χ3v) is 1.23. The molecule has 62 valence electrons. The molecule has 0 aromatic rings. The number of allylic oxidation sites excluding steroid dienone is 1. The first-order valence-electron chi connectivity index (χ1n) is 3.69. The van der Waals surface area contributed by atoms with E-state index in [-0.39, 0.29) is 6.61 Å². The van der Waals surface area contributed by atoms with Crippen LogP contribution in [0.4, 0.5) is 0 Å². The second kappa shape index (κ2) is 7.33. The molecule has 0 bridgehead atoms. The molecular weight excluding hydrogens is 140 g/mol. The van der Waals surface area contributed by atoms with Crippen LogP contribution in [0.2, 0.25) is 0 Å². The Bertz CT molecular complexity index is 153. The summed E-state index contributed by atoms with van der Waals surface area (Å²) in [7, 11) is 0. The van der Waals surface area contributed by atoms with Crippen LogP contribution >= 0.6 is 0 Å². The van der Waals surface area contributed by atoms with Crippen LogP contribution in [-0.2, 0) is 0 Å². The van der Waals surface area contributed by atoms with E-state index in [4.69, 9.17) is 10.2 Å². The Kier molecular flexibility index (Phi) is 6.81. The van der Waals surface area contributed by atoms with Gasteiger partial charge >= 0.3 is 0 Å². The number of aliphatic hydroxyl groups is 2. The van der Waals surface area contributed by atoms with Gasteiger partial charge in [-0.15, -0.1) is 6.58 Å². The van der Waals surface area contributed by atoms with Crippen LogP contribution in [0, 0.1) is 11.8 Å². The highest BCUT2D eigenvalue weighted by atomic mass is 16.3. The van der Waals surface area contributed by atoms with E-state index in [1.165, 1.54) is 0 Å². The van der Waals surface area contributed by atoms with Gasteiger partial charge in [0.05, 0.1) is 0 Å². The second-order valence-corrected chi connectivity index (χ2v) is 2.21. The van der Waals surface area contributed by atoms with Gasteiger partial charge in [0.25, 0.3) is 0 Å². The van der Waals surface area contributed by atoms with Gasteiger partial charge in [-0.25, -0.2) is 0 Å².